The molecule has 0 radical (unpaired) electrons. The molecule has 132 valence electrons. The van der Waals surface area contributed by atoms with Gasteiger partial charge in [0.1, 0.15) is 0 Å². The normalized spacial score (nSPS) is 10.5. The van der Waals surface area contributed by atoms with Gasteiger partial charge in [0.05, 0.1) is 0 Å². The molecule has 2 aromatic carbocycles. The Balaban J connectivity index is 1.59. The van der Waals surface area contributed by atoms with Crippen molar-refractivity contribution in [3.05, 3.63) is 94.8 Å². The Hall–Kier alpha value is -2.30. The molecule has 0 spiro atoms. The standard InChI is InChI=1S/C21H19ClN2OS/c1-24(14-16-4-2-6-19(22)12-16)21(25)18-7-9-20(10-8-18)26-15-17-5-3-11-23-13-17/h2-13H,14-15H2,1H3. The number of aromatic nitrogens is 1. The van der Waals surface area contributed by atoms with Crippen molar-refractivity contribution in [2.45, 2.75) is 17.2 Å². The highest BCUT2D eigenvalue weighted by Gasteiger charge is 2.12. The number of carbonyl (C=O) groups is 1. The Morgan fingerprint density at radius 3 is 2.54 bits per heavy atom. The van der Waals surface area contributed by atoms with Gasteiger partial charge in [-0.2, -0.15) is 0 Å². The van der Waals surface area contributed by atoms with Gasteiger partial charge >= 0.3 is 0 Å². The van der Waals surface area contributed by atoms with Crippen LogP contribution in [0, 0.1) is 0 Å². The largest absolute Gasteiger partial charge is 0.337 e. The summed E-state index contributed by atoms with van der Waals surface area (Å²) in [5.74, 6) is 0.851. The number of halogens is 1. The van der Waals surface area contributed by atoms with E-state index in [0.29, 0.717) is 17.1 Å². The van der Waals surface area contributed by atoms with E-state index in [-0.39, 0.29) is 5.91 Å². The summed E-state index contributed by atoms with van der Waals surface area (Å²) < 4.78 is 0. The first kappa shape index (κ1) is 18.5. The molecule has 0 aliphatic rings. The Kier molecular flexibility index (Phi) is 6.31. The number of hydrogen-bond donors (Lipinski definition) is 0. The highest BCUT2D eigenvalue weighted by Crippen LogP contribution is 2.23. The summed E-state index contributed by atoms with van der Waals surface area (Å²) in [6.07, 6.45) is 3.64. The topological polar surface area (TPSA) is 33.2 Å². The van der Waals surface area contributed by atoms with Gasteiger partial charge in [-0.1, -0.05) is 29.8 Å². The van der Waals surface area contributed by atoms with Crippen molar-refractivity contribution in [2.24, 2.45) is 0 Å². The molecule has 0 saturated heterocycles. The number of hydrogen-bond acceptors (Lipinski definition) is 3. The summed E-state index contributed by atoms with van der Waals surface area (Å²) >= 11 is 7.73. The van der Waals surface area contributed by atoms with Crippen LogP contribution in [0.25, 0.3) is 0 Å². The van der Waals surface area contributed by atoms with Gasteiger partial charge in [0, 0.05) is 47.2 Å². The van der Waals surface area contributed by atoms with Crippen LogP contribution in [0.5, 0.6) is 0 Å². The SMILES string of the molecule is CN(Cc1cccc(Cl)c1)C(=O)c1ccc(SCc2cccnc2)cc1. The van der Waals surface area contributed by atoms with Crippen molar-refractivity contribution < 1.29 is 4.79 Å². The lowest BCUT2D eigenvalue weighted by Crippen LogP contribution is -2.26. The minimum Gasteiger partial charge on any atom is -0.337 e. The van der Waals surface area contributed by atoms with Crippen molar-refractivity contribution in [3.63, 3.8) is 0 Å². The maximum absolute atomic E-state index is 12.6. The molecule has 3 nitrogen and oxygen atoms in total. The maximum Gasteiger partial charge on any atom is 0.253 e. The van der Waals surface area contributed by atoms with Crippen molar-refractivity contribution in [3.8, 4) is 0 Å². The van der Waals surface area contributed by atoms with E-state index in [2.05, 4.69) is 11.1 Å². The summed E-state index contributed by atoms with van der Waals surface area (Å²) in [7, 11) is 1.80. The molecule has 0 unspecified atom stereocenters. The second kappa shape index (κ2) is 8.88. The fourth-order valence-corrected chi connectivity index (χ4v) is 3.59. The third-order valence-electron chi connectivity index (χ3n) is 3.89. The lowest BCUT2D eigenvalue weighted by atomic mass is 10.1. The van der Waals surface area contributed by atoms with Crippen LogP contribution in [0.4, 0.5) is 0 Å². The van der Waals surface area contributed by atoms with Gasteiger partial charge in [-0.25, -0.2) is 0 Å². The lowest BCUT2D eigenvalue weighted by molar-refractivity contribution is 0.0785. The molecular formula is C21H19ClN2OS. The van der Waals surface area contributed by atoms with Crippen molar-refractivity contribution >= 4 is 29.3 Å². The summed E-state index contributed by atoms with van der Waals surface area (Å²) in [5, 5.41) is 0.679. The van der Waals surface area contributed by atoms with Gasteiger partial charge in [-0.05, 0) is 53.6 Å². The zero-order valence-corrected chi connectivity index (χ0v) is 16.0. The molecule has 3 aromatic rings. The number of benzene rings is 2. The van der Waals surface area contributed by atoms with Gasteiger partial charge in [-0.15, -0.1) is 11.8 Å². The molecule has 1 amide bonds. The van der Waals surface area contributed by atoms with Gasteiger partial charge in [0.2, 0.25) is 0 Å². The third-order valence-corrected chi connectivity index (χ3v) is 5.20. The average Bonchev–Trinajstić information content (AvgIpc) is 2.67. The monoisotopic (exact) mass is 382 g/mol. The fourth-order valence-electron chi connectivity index (χ4n) is 2.55. The van der Waals surface area contributed by atoms with Crippen LogP contribution < -0.4 is 0 Å². The van der Waals surface area contributed by atoms with E-state index >= 15 is 0 Å². The molecular weight excluding hydrogens is 364 g/mol. The molecule has 5 heteroatoms. The summed E-state index contributed by atoms with van der Waals surface area (Å²) in [6.45, 7) is 0.525. The highest BCUT2D eigenvalue weighted by molar-refractivity contribution is 7.98. The predicted octanol–water partition coefficient (Wildman–Crippen LogP) is 5.30. The smallest absolute Gasteiger partial charge is 0.253 e. The second-order valence-corrected chi connectivity index (χ2v) is 7.45. The molecule has 0 aliphatic heterocycles. The summed E-state index contributed by atoms with van der Waals surface area (Å²) in [6, 6.07) is 19.3. The molecule has 0 bridgehead atoms. The number of nitrogens with zero attached hydrogens (tertiary/aromatic N) is 2. The van der Waals surface area contributed by atoms with Crippen LogP contribution in [0.1, 0.15) is 21.5 Å². The summed E-state index contributed by atoms with van der Waals surface area (Å²) in [5.41, 5.74) is 2.87. The fraction of sp³-hybridized carbons (Fsp3) is 0.143. The summed E-state index contributed by atoms with van der Waals surface area (Å²) in [4.78, 5) is 19.5. The first-order valence-corrected chi connectivity index (χ1v) is 9.60. The van der Waals surface area contributed by atoms with Crippen molar-refractivity contribution in [1.29, 1.82) is 0 Å². The number of pyridine rings is 1. The van der Waals surface area contributed by atoms with Crippen LogP contribution in [-0.4, -0.2) is 22.8 Å². The molecule has 3 rings (SSSR count). The van der Waals surface area contributed by atoms with Gasteiger partial charge in [0.25, 0.3) is 5.91 Å². The van der Waals surface area contributed by atoms with Gasteiger partial charge in [0.15, 0.2) is 0 Å². The first-order chi connectivity index (χ1) is 12.6. The number of thioether (sulfide) groups is 1. The van der Waals surface area contributed by atoms with Crippen LogP contribution in [0.2, 0.25) is 5.02 Å². The zero-order valence-electron chi connectivity index (χ0n) is 14.4. The molecule has 0 atom stereocenters. The van der Waals surface area contributed by atoms with Crippen LogP contribution >= 0.6 is 23.4 Å². The molecule has 0 N–H and O–H groups in total. The Labute approximate surface area is 163 Å². The minimum atomic E-state index is -0.00575. The van der Waals surface area contributed by atoms with Gasteiger partial charge in [-0.3, -0.25) is 9.78 Å². The van der Waals surface area contributed by atoms with E-state index in [9.17, 15) is 4.79 Å². The van der Waals surface area contributed by atoms with E-state index < -0.39 is 0 Å². The zero-order chi connectivity index (χ0) is 18.4. The number of rotatable bonds is 6. The van der Waals surface area contributed by atoms with Crippen LogP contribution in [0.15, 0.2) is 78.0 Å². The van der Waals surface area contributed by atoms with Gasteiger partial charge < -0.3 is 4.90 Å². The van der Waals surface area contributed by atoms with E-state index in [1.807, 2.05) is 60.8 Å². The van der Waals surface area contributed by atoms with E-state index in [1.165, 1.54) is 5.56 Å². The molecule has 0 saturated carbocycles. The molecule has 1 aromatic heterocycles. The quantitative estimate of drug-likeness (QED) is 0.542. The maximum atomic E-state index is 12.6. The van der Waals surface area contributed by atoms with Crippen molar-refractivity contribution in [1.82, 2.24) is 9.88 Å². The van der Waals surface area contributed by atoms with E-state index in [0.717, 1.165) is 16.2 Å². The third kappa shape index (κ3) is 5.10. The number of amides is 1. The average molecular weight is 383 g/mol. The first-order valence-electron chi connectivity index (χ1n) is 8.23. The second-order valence-electron chi connectivity index (χ2n) is 5.97. The molecule has 0 fully saturated rings. The predicted molar refractivity (Wildman–Crippen MR) is 107 cm³/mol. The van der Waals surface area contributed by atoms with Crippen molar-refractivity contribution in [2.75, 3.05) is 7.05 Å². The molecule has 0 aliphatic carbocycles. The molecule has 26 heavy (non-hydrogen) atoms. The molecule has 1 heterocycles. The lowest BCUT2D eigenvalue weighted by Gasteiger charge is -2.17. The Bertz CT molecular complexity index is 869. The highest BCUT2D eigenvalue weighted by atomic mass is 35.5. The number of carbonyl (C=O) groups excluding carboxylic acids is 1. The van der Waals surface area contributed by atoms with Crippen LogP contribution in [-0.2, 0) is 12.3 Å². The minimum absolute atomic E-state index is 0.00575. The van der Waals surface area contributed by atoms with E-state index in [1.54, 1.807) is 29.9 Å². The Morgan fingerprint density at radius 2 is 1.85 bits per heavy atom. The van der Waals surface area contributed by atoms with E-state index in [4.69, 9.17) is 11.6 Å². The Morgan fingerprint density at radius 1 is 1.08 bits per heavy atom. The van der Waals surface area contributed by atoms with Crippen LogP contribution in [0.3, 0.4) is 0 Å².